The van der Waals surface area contributed by atoms with Gasteiger partial charge in [0.2, 0.25) is 29.5 Å². The number of nitrogens with two attached hydrogens (primary N) is 1. The van der Waals surface area contributed by atoms with Gasteiger partial charge in [-0.3, -0.25) is 33.3 Å². The summed E-state index contributed by atoms with van der Waals surface area (Å²) < 4.78 is 38.4. The van der Waals surface area contributed by atoms with Gasteiger partial charge in [0.15, 0.2) is 0 Å². The Kier molecular flexibility index (Phi) is 18.4. The van der Waals surface area contributed by atoms with E-state index in [4.69, 9.17) is 10.5 Å². The molecule has 0 fully saturated rings. The molecule has 0 saturated carbocycles. The summed E-state index contributed by atoms with van der Waals surface area (Å²) in [7, 11) is -4.79. The number of anilines is 1. The Balaban J connectivity index is 2.09. The minimum atomic E-state index is -4.79. The maximum absolute atomic E-state index is 13.6. The van der Waals surface area contributed by atoms with Crippen molar-refractivity contribution in [2.75, 3.05) is 24.2 Å². The highest BCUT2D eigenvalue weighted by Crippen LogP contribution is 2.18. The van der Waals surface area contributed by atoms with Crippen LogP contribution in [0, 0.1) is 11.3 Å². The second kappa shape index (κ2) is 21.9. The zero-order chi connectivity index (χ0) is 42.2. The van der Waals surface area contributed by atoms with E-state index in [1.807, 2.05) is 0 Å². The molecule has 9 N–H and O–H groups in total. The number of unbranched alkanes of at least 4 members (excludes halogenated alkanes) is 2. The van der Waals surface area contributed by atoms with Gasteiger partial charge in [0, 0.05) is 31.3 Å². The Morgan fingerprint density at radius 2 is 1.57 bits per heavy atom. The number of nitrogens with zero attached hydrogens (tertiary/aromatic N) is 1. The van der Waals surface area contributed by atoms with E-state index in [-0.39, 0.29) is 50.8 Å². The number of aliphatic hydroxyl groups excluding tert-OH is 1. The van der Waals surface area contributed by atoms with Gasteiger partial charge >= 0.3 is 12.0 Å². The van der Waals surface area contributed by atoms with Gasteiger partial charge in [-0.2, -0.15) is 8.42 Å². The molecule has 1 aliphatic heterocycles. The number of urea groups is 1. The van der Waals surface area contributed by atoms with Crippen LogP contribution in [0.4, 0.5) is 10.5 Å². The number of hydrogen-bond acceptors (Lipinski definition) is 11. The minimum Gasteiger partial charge on any atom is -0.460 e. The van der Waals surface area contributed by atoms with Gasteiger partial charge in [-0.15, -0.1) is 0 Å². The van der Waals surface area contributed by atoms with Gasteiger partial charge in [-0.05, 0) is 76.1 Å². The molecule has 2 rings (SSSR count). The first kappa shape index (κ1) is 47.1. The molecule has 20 heteroatoms. The molecule has 4 atom stereocenters. The quantitative estimate of drug-likeness (QED) is 0.0450. The van der Waals surface area contributed by atoms with E-state index >= 15 is 0 Å². The minimum absolute atomic E-state index is 0.0146. The third-order valence-electron chi connectivity index (χ3n) is 8.40. The van der Waals surface area contributed by atoms with Crippen LogP contribution in [-0.2, 0) is 50.2 Å². The number of rotatable bonds is 22. The van der Waals surface area contributed by atoms with Crippen molar-refractivity contribution >= 4 is 57.3 Å². The molecule has 0 aliphatic carbocycles. The van der Waals surface area contributed by atoms with Gasteiger partial charge in [0.25, 0.3) is 10.1 Å². The number of ether oxygens (including phenoxy) is 1. The van der Waals surface area contributed by atoms with Crippen LogP contribution in [0.15, 0.2) is 36.4 Å². The summed E-state index contributed by atoms with van der Waals surface area (Å²) in [5, 5.41) is 22.2. The van der Waals surface area contributed by atoms with Crippen molar-refractivity contribution in [1.82, 2.24) is 26.2 Å². The number of primary amides is 1. The molecule has 0 bridgehead atoms. The van der Waals surface area contributed by atoms with Crippen molar-refractivity contribution in [2.24, 2.45) is 17.1 Å². The lowest BCUT2D eigenvalue weighted by Crippen LogP contribution is -2.59. The average molecular weight is 810 g/mol. The van der Waals surface area contributed by atoms with Crippen molar-refractivity contribution in [1.29, 1.82) is 0 Å². The first-order valence-electron chi connectivity index (χ1n) is 18.2. The highest BCUT2D eigenvalue weighted by atomic mass is 32.2. The highest BCUT2D eigenvalue weighted by molar-refractivity contribution is 7.85. The van der Waals surface area contributed by atoms with Crippen LogP contribution >= 0.6 is 0 Å². The lowest BCUT2D eigenvalue weighted by molar-refractivity contribution is -0.154. The molecular formula is C36H55N7O12S. The summed E-state index contributed by atoms with van der Waals surface area (Å²) >= 11 is 0. The van der Waals surface area contributed by atoms with Crippen molar-refractivity contribution in [3.05, 3.63) is 42.0 Å². The van der Waals surface area contributed by atoms with Crippen molar-refractivity contribution in [2.45, 2.75) is 104 Å². The van der Waals surface area contributed by atoms with Gasteiger partial charge < -0.3 is 47.1 Å². The van der Waals surface area contributed by atoms with Crippen molar-refractivity contribution in [3.8, 4) is 0 Å². The molecule has 0 saturated heterocycles. The normalized spacial score (nSPS) is 15.8. The number of carbonyl (C=O) groups excluding carboxylic acids is 7. The fraction of sp³-hybridized carbons (Fsp3) is 0.583. The summed E-state index contributed by atoms with van der Waals surface area (Å²) in [6.07, 6.45) is 2.90. The molecule has 7 amide bonds. The zero-order valence-corrected chi connectivity index (χ0v) is 33.1. The van der Waals surface area contributed by atoms with Crippen LogP contribution in [0.5, 0.6) is 0 Å². The summed E-state index contributed by atoms with van der Waals surface area (Å²) in [5.41, 5.74) is 5.47. The first-order valence-corrected chi connectivity index (χ1v) is 19.8. The molecule has 1 heterocycles. The van der Waals surface area contributed by atoms with Crippen LogP contribution in [0.25, 0.3) is 0 Å². The molecule has 1 aromatic carbocycles. The summed E-state index contributed by atoms with van der Waals surface area (Å²) in [6.45, 7) is 8.69. The van der Waals surface area contributed by atoms with E-state index in [0.717, 1.165) is 0 Å². The predicted octanol–water partition coefficient (Wildman–Crippen LogP) is 0.438. The summed E-state index contributed by atoms with van der Waals surface area (Å²) in [4.78, 5) is 89.4. The van der Waals surface area contributed by atoms with E-state index in [0.29, 0.717) is 30.5 Å². The Labute approximate surface area is 326 Å². The fourth-order valence-electron chi connectivity index (χ4n) is 5.26. The standard InChI is InChI=1S/C36H55N7O12S/c1-22(2)30(42-32(48)26(21-56(52,53)54)40-27(44)11-7-6-8-19-43-28(45)16-17-29(43)46)33(49)41-25(10-9-18-38-35(37)51)31(47)39-24-14-12-23(13-15-24)20-55-34(50)36(3,4)5/h12-17,22,25-26,28,30,45H,6-11,18-21H2,1-5H3,(H,39,47)(H,40,44)(H,41,49)(H,42,48)(H3,37,38,51)(H,52,53,54)/t25-,26-,28?,30?/m0/s1. The molecule has 2 unspecified atom stereocenters. The van der Waals surface area contributed by atoms with Crippen LogP contribution in [0.2, 0.25) is 0 Å². The third-order valence-corrected chi connectivity index (χ3v) is 9.15. The van der Waals surface area contributed by atoms with E-state index in [2.05, 4.69) is 26.6 Å². The van der Waals surface area contributed by atoms with E-state index in [9.17, 15) is 51.6 Å². The molecular weight excluding hydrogens is 754 g/mol. The topological polar surface area (TPSA) is 293 Å². The second-order valence-corrected chi connectivity index (χ2v) is 16.2. The number of amides is 7. The van der Waals surface area contributed by atoms with Gasteiger partial charge in [0.05, 0.1) is 5.41 Å². The fourth-order valence-corrected chi connectivity index (χ4v) is 5.92. The predicted molar refractivity (Wildman–Crippen MR) is 204 cm³/mol. The van der Waals surface area contributed by atoms with Crippen molar-refractivity contribution < 1.29 is 56.4 Å². The first-order chi connectivity index (χ1) is 26.1. The Morgan fingerprint density at radius 3 is 2.12 bits per heavy atom. The average Bonchev–Trinajstić information content (AvgIpc) is 3.41. The van der Waals surface area contributed by atoms with Gasteiger partial charge in [0.1, 0.15) is 36.7 Å². The highest BCUT2D eigenvalue weighted by Gasteiger charge is 2.33. The molecule has 1 aliphatic rings. The molecule has 19 nitrogen and oxygen atoms in total. The lowest BCUT2D eigenvalue weighted by Gasteiger charge is -2.27. The number of nitrogens with one attached hydrogen (secondary N) is 5. The number of aliphatic hydroxyl groups is 1. The number of carbonyl (C=O) groups is 7. The lowest BCUT2D eigenvalue weighted by atomic mass is 9.97. The molecule has 56 heavy (non-hydrogen) atoms. The Hall–Kier alpha value is -5.08. The largest absolute Gasteiger partial charge is 0.460 e. The van der Waals surface area contributed by atoms with Crippen LogP contribution in [0.1, 0.15) is 78.7 Å². The maximum Gasteiger partial charge on any atom is 0.312 e. The Bertz CT molecular complexity index is 1690. The zero-order valence-electron chi connectivity index (χ0n) is 32.3. The van der Waals surface area contributed by atoms with Crippen molar-refractivity contribution in [3.63, 3.8) is 0 Å². The molecule has 312 valence electrons. The smallest absolute Gasteiger partial charge is 0.312 e. The number of esters is 1. The second-order valence-electron chi connectivity index (χ2n) is 14.7. The molecule has 0 radical (unpaired) electrons. The third kappa shape index (κ3) is 17.2. The monoisotopic (exact) mass is 809 g/mol. The maximum atomic E-state index is 13.6. The van der Waals surface area contributed by atoms with Crippen LogP contribution in [-0.4, -0.2) is 108 Å². The van der Waals surface area contributed by atoms with E-state index in [1.54, 1.807) is 58.9 Å². The van der Waals surface area contributed by atoms with Crippen LogP contribution in [0.3, 0.4) is 0 Å². The SMILES string of the molecule is CC(C)C(NC(=O)[C@H](CS(=O)(=O)O)NC(=O)CCCCCN1C(=O)C=CC1O)C(=O)N[C@@H](CCCNC(N)=O)C(=O)Nc1ccc(COC(=O)C(C)(C)C)cc1. The van der Waals surface area contributed by atoms with E-state index in [1.165, 1.54) is 17.1 Å². The summed E-state index contributed by atoms with van der Waals surface area (Å²) in [6, 6.07) is 1.34. The molecule has 0 spiro atoms. The number of hydrogen-bond donors (Lipinski definition) is 8. The van der Waals surface area contributed by atoms with Gasteiger partial charge in [-0.1, -0.05) is 32.4 Å². The molecule has 0 aromatic heterocycles. The Morgan fingerprint density at radius 1 is 0.911 bits per heavy atom. The summed E-state index contributed by atoms with van der Waals surface area (Å²) in [5.74, 6) is -5.77. The van der Waals surface area contributed by atoms with Crippen LogP contribution < -0.4 is 32.3 Å². The van der Waals surface area contributed by atoms with E-state index < -0.39 is 81.2 Å². The number of benzene rings is 1. The van der Waals surface area contributed by atoms with Gasteiger partial charge in [-0.25, -0.2) is 4.79 Å². The molecule has 1 aromatic rings.